The van der Waals surface area contributed by atoms with Crippen molar-refractivity contribution >= 4 is 5.91 Å². The van der Waals surface area contributed by atoms with Gasteiger partial charge < -0.3 is 15.0 Å². The average Bonchev–Trinajstić information content (AvgIpc) is 2.47. The molecule has 2 N–H and O–H groups in total. The minimum atomic E-state index is -0.434. The summed E-state index contributed by atoms with van der Waals surface area (Å²) in [5.41, 5.74) is 1.19. The van der Waals surface area contributed by atoms with Gasteiger partial charge in [0.15, 0.2) is 0 Å². The lowest BCUT2D eigenvalue weighted by atomic mass is 9.89. The number of aromatic nitrogens is 2. The monoisotopic (exact) mass is 327 g/mol. The van der Waals surface area contributed by atoms with E-state index in [1.54, 1.807) is 6.92 Å². The summed E-state index contributed by atoms with van der Waals surface area (Å²) in [7, 11) is 0. The number of rotatable bonds is 2. The van der Waals surface area contributed by atoms with Crippen LogP contribution >= 0.6 is 0 Å². The maximum atomic E-state index is 12.5. The summed E-state index contributed by atoms with van der Waals surface area (Å²) in [5.74, 6) is 0.807. The molecule has 1 aliphatic rings. The fourth-order valence-corrected chi connectivity index (χ4v) is 2.98. The number of aryl methyl sites for hydroxylation is 2. The Bertz CT molecular complexity index is 855. The van der Waals surface area contributed by atoms with Gasteiger partial charge in [0, 0.05) is 18.2 Å². The molecule has 126 valence electrons. The molecule has 1 aromatic heterocycles. The summed E-state index contributed by atoms with van der Waals surface area (Å²) in [5, 5.41) is 2.96. The van der Waals surface area contributed by atoms with Gasteiger partial charge in [0.25, 0.3) is 11.5 Å². The van der Waals surface area contributed by atoms with Crippen molar-refractivity contribution in [2.24, 2.45) is 0 Å². The topological polar surface area (TPSA) is 84.1 Å². The van der Waals surface area contributed by atoms with Gasteiger partial charge in [0.1, 0.15) is 22.7 Å². The number of fused-ring (bicyclic) bond motifs is 1. The minimum Gasteiger partial charge on any atom is -0.487 e. The minimum absolute atomic E-state index is 0.0131. The van der Waals surface area contributed by atoms with Gasteiger partial charge in [0.05, 0.1) is 6.04 Å². The molecule has 1 amide bonds. The van der Waals surface area contributed by atoms with Crippen LogP contribution in [0.3, 0.4) is 0 Å². The van der Waals surface area contributed by atoms with Crippen molar-refractivity contribution in [2.45, 2.75) is 45.8 Å². The smallest absolute Gasteiger partial charge is 0.263 e. The van der Waals surface area contributed by atoms with Crippen molar-refractivity contribution in [3.05, 3.63) is 57.3 Å². The van der Waals surface area contributed by atoms with Crippen molar-refractivity contribution < 1.29 is 9.53 Å². The van der Waals surface area contributed by atoms with Crippen molar-refractivity contribution in [1.82, 2.24) is 15.3 Å². The quantitative estimate of drug-likeness (QED) is 0.887. The van der Waals surface area contributed by atoms with Crippen molar-refractivity contribution in [3.63, 3.8) is 0 Å². The highest BCUT2D eigenvalue weighted by Gasteiger charge is 2.35. The summed E-state index contributed by atoms with van der Waals surface area (Å²) < 4.78 is 6.00. The highest BCUT2D eigenvalue weighted by Crippen LogP contribution is 2.39. The third-order valence-corrected chi connectivity index (χ3v) is 4.10. The van der Waals surface area contributed by atoms with Gasteiger partial charge in [-0.05, 0) is 33.8 Å². The molecule has 2 aromatic rings. The Morgan fingerprint density at radius 3 is 2.83 bits per heavy atom. The van der Waals surface area contributed by atoms with E-state index in [0.29, 0.717) is 12.2 Å². The lowest BCUT2D eigenvalue weighted by Gasteiger charge is -2.38. The Kier molecular flexibility index (Phi) is 3.91. The van der Waals surface area contributed by atoms with Crippen molar-refractivity contribution in [1.29, 1.82) is 0 Å². The molecule has 1 aliphatic heterocycles. The molecule has 0 saturated heterocycles. The molecule has 6 nitrogen and oxygen atoms in total. The SMILES string of the molecule is Cc1ccc2c(c1)C(NC(=O)c1cnc(C)[nH]c1=O)CC(C)(C)O2. The molecule has 0 fully saturated rings. The molecule has 1 atom stereocenters. The summed E-state index contributed by atoms with van der Waals surface area (Å²) in [6, 6.07) is 5.68. The van der Waals surface area contributed by atoms with Crippen LogP contribution in [0.25, 0.3) is 0 Å². The van der Waals surface area contributed by atoms with E-state index < -0.39 is 17.1 Å². The van der Waals surface area contributed by atoms with Crippen molar-refractivity contribution in [2.75, 3.05) is 0 Å². The predicted molar refractivity (Wildman–Crippen MR) is 90.3 cm³/mol. The number of aromatic amines is 1. The first kappa shape index (κ1) is 16.2. The van der Waals surface area contributed by atoms with Crippen LogP contribution in [0.1, 0.15) is 53.6 Å². The summed E-state index contributed by atoms with van der Waals surface area (Å²) in [6.07, 6.45) is 1.93. The third-order valence-electron chi connectivity index (χ3n) is 4.10. The van der Waals surface area contributed by atoms with E-state index in [-0.39, 0.29) is 11.6 Å². The van der Waals surface area contributed by atoms with Crippen molar-refractivity contribution in [3.8, 4) is 5.75 Å². The van der Waals surface area contributed by atoms with Gasteiger partial charge in [-0.3, -0.25) is 9.59 Å². The van der Waals surface area contributed by atoms with Crippen LogP contribution in [-0.2, 0) is 0 Å². The van der Waals surface area contributed by atoms with E-state index in [4.69, 9.17) is 4.74 Å². The summed E-state index contributed by atoms with van der Waals surface area (Å²) in [6.45, 7) is 7.63. The fraction of sp³-hybridized carbons (Fsp3) is 0.389. The van der Waals surface area contributed by atoms with E-state index in [0.717, 1.165) is 16.9 Å². The number of nitrogens with one attached hydrogen (secondary N) is 2. The van der Waals surface area contributed by atoms with Gasteiger partial charge in [-0.2, -0.15) is 0 Å². The van der Waals surface area contributed by atoms with Crippen LogP contribution in [0, 0.1) is 13.8 Å². The van der Waals surface area contributed by atoms with E-state index in [1.165, 1.54) is 6.20 Å². The highest BCUT2D eigenvalue weighted by atomic mass is 16.5. The standard InChI is InChI=1S/C18H21N3O3/c1-10-5-6-15-12(7-10)14(8-18(3,4)24-15)21-17(23)13-9-19-11(2)20-16(13)22/h5-7,9,14H,8H2,1-4H3,(H,21,23)(H,19,20,22). The highest BCUT2D eigenvalue weighted by molar-refractivity contribution is 5.93. The Labute approximate surface area is 140 Å². The van der Waals surface area contributed by atoms with Gasteiger partial charge in [0.2, 0.25) is 0 Å². The van der Waals surface area contributed by atoms with E-state index in [9.17, 15) is 9.59 Å². The molecule has 0 saturated carbocycles. The number of benzene rings is 1. The molecule has 2 heterocycles. The number of nitrogens with zero attached hydrogens (tertiary/aromatic N) is 1. The molecule has 0 radical (unpaired) electrons. The Balaban J connectivity index is 1.93. The largest absolute Gasteiger partial charge is 0.487 e. The van der Waals surface area contributed by atoms with E-state index in [2.05, 4.69) is 15.3 Å². The zero-order valence-electron chi connectivity index (χ0n) is 14.3. The number of carbonyl (C=O) groups is 1. The number of hydrogen-bond donors (Lipinski definition) is 2. The Morgan fingerprint density at radius 2 is 2.12 bits per heavy atom. The second kappa shape index (κ2) is 5.78. The van der Waals surface area contributed by atoms with E-state index >= 15 is 0 Å². The molecule has 1 unspecified atom stereocenters. The Hall–Kier alpha value is -2.63. The average molecular weight is 327 g/mol. The first-order valence-electron chi connectivity index (χ1n) is 7.91. The molecule has 24 heavy (non-hydrogen) atoms. The number of H-pyrrole nitrogens is 1. The maximum absolute atomic E-state index is 12.5. The van der Waals surface area contributed by atoms with Crippen LogP contribution in [0.15, 0.2) is 29.2 Å². The first-order valence-corrected chi connectivity index (χ1v) is 7.91. The molecule has 0 bridgehead atoms. The molecule has 0 spiro atoms. The molecule has 6 heteroatoms. The normalized spacial score (nSPS) is 18.4. The summed E-state index contributed by atoms with van der Waals surface area (Å²) >= 11 is 0. The lowest BCUT2D eigenvalue weighted by Crippen LogP contribution is -2.42. The van der Waals surface area contributed by atoms with Crippen LogP contribution in [0.4, 0.5) is 0 Å². The summed E-state index contributed by atoms with van der Waals surface area (Å²) in [4.78, 5) is 31.1. The van der Waals surface area contributed by atoms with Gasteiger partial charge >= 0.3 is 0 Å². The second-order valence-corrected chi connectivity index (χ2v) is 6.84. The maximum Gasteiger partial charge on any atom is 0.263 e. The van der Waals surface area contributed by atoms with Crippen LogP contribution in [-0.4, -0.2) is 21.5 Å². The van der Waals surface area contributed by atoms with Gasteiger partial charge in [-0.25, -0.2) is 4.98 Å². The molecule has 0 aliphatic carbocycles. The van der Waals surface area contributed by atoms with Gasteiger partial charge in [-0.15, -0.1) is 0 Å². The Morgan fingerprint density at radius 1 is 1.38 bits per heavy atom. The van der Waals surface area contributed by atoms with Gasteiger partial charge in [-0.1, -0.05) is 17.7 Å². The number of carbonyl (C=O) groups excluding carboxylic acids is 1. The lowest BCUT2D eigenvalue weighted by molar-refractivity contribution is 0.0619. The number of hydrogen-bond acceptors (Lipinski definition) is 4. The van der Waals surface area contributed by atoms with E-state index in [1.807, 2.05) is 39.0 Å². The zero-order chi connectivity index (χ0) is 17.5. The van der Waals surface area contributed by atoms with Crippen LogP contribution in [0.5, 0.6) is 5.75 Å². The first-order chi connectivity index (χ1) is 11.2. The molecule has 3 rings (SSSR count). The predicted octanol–water partition coefficient (Wildman–Crippen LogP) is 2.42. The number of ether oxygens (including phenoxy) is 1. The second-order valence-electron chi connectivity index (χ2n) is 6.84. The fourth-order valence-electron chi connectivity index (χ4n) is 2.98. The molecule has 1 aromatic carbocycles. The zero-order valence-corrected chi connectivity index (χ0v) is 14.3. The molecular formula is C18H21N3O3. The molecular weight excluding hydrogens is 306 g/mol. The van der Waals surface area contributed by atoms with Crippen LogP contribution in [0.2, 0.25) is 0 Å². The third kappa shape index (κ3) is 3.18. The van der Waals surface area contributed by atoms with Crippen LogP contribution < -0.4 is 15.6 Å². The number of amides is 1.